The third kappa shape index (κ3) is 4.07. The molecule has 4 heterocycles. The van der Waals surface area contributed by atoms with Crippen molar-refractivity contribution >= 4 is 22.7 Å². The molecular formula is C25H23N5O2S. The van der Waals surface area contributed by atoms with Crippen molar-refractivity contribution in [1.29, 1.82) is 0 Å². The van der Waals surface area contributed by atoms with Gasteiger partial charge in [-0.05, 0) is 18.9 Å². The predicted octanol–water partition coefficient (Wildman–Crippen LogP) is 5.55. The Morgan fingerprint density at radius 1 is 1.06 bits per heavy atom. The summed E-state index contributed by atoms with van der Waals surface area (Å²) in [5.41, 5.74) is 3.15. The highest BCUT2D eigenvalue weighted by molar-refractivity contribution is 7.98. The Hall–Kier alpha value is -3.36. The maximum absolute atomic E-state index is 5.98. The van der Waals surface area contributed by atoms with E-state index in [0.29, 0.717) is 11.6 Å². The number of hydrogen-bond acceptors (Lipinski definition) is 6. The molecule has 1 aliphatic heterocycles. The van der Waals surface area contributed by atoms with Crippen LogP contribution >= 0.6 is 11.8 Å². The van der Waals surface area contributed by atoms with E-state index in [1.165, 1.54) is 0 Å². The number of H-pyrrole nitrogens is 1. The predicted molar refractivity (Wildman–Crippen MR) is 128 cm³/mol. The lowest BCUT2D eigenvalue weighted by Gasteiger charge is -2.14. The largest absolute Gasteiger partial charge is 0.440 e. The average molecular weight is 458 g/mol. The number of thioether (sulfide) groups is 1. The van der Waals surface area contributed by atoms with Crippen LogP contribution in [0.2, 0.25) is 0 Å². The average Bonchev–Trinajstić information content (AvgIpc) is 3.66. The van der Waals surface area contributed by atoms with Gasteiger partial charge in [0.15, 0.2) is 16.7 Å². The summed E-state index contributed by atoms with van der Waals surface area (Å²) in [7, 11) is 0. The van der Waals surface area contributed by atoms with Crippen molar-refractivity contribution in [3.8, 4) is 22.7 Å². The van der Waals surface area contributed by atoms with E-state index in [1.807, 2.05) is 48.7 Å². The lowest BCUT2D eigenvalue weighted by atomic mass is 10.1. The molecule has 1 aliphatic rings. The summed E-state index contributed by atoms with van der Waals surface area (Å²) >= 11 is 1.58. The first-order chi connectivity index (χ1) is 16.3. The number of para-hydroxylation sites is 1. The summed E-state index contributed by atoms with van der Waals surface area (Å²) in [6.45, 7) is 1.54. The smallest absolute Gasteiger partial charge is 0.205 e. The minimum absolute atomic E-state index is 0.177. The first-order valence-electron chi connectivity index (χ1n) is 11.1. The lowest BCUT2D eigenvalue weighted by molar-refractivity contribution is 0.0953. The molecule has 1 fully saturated rings. The number of nitrogens with one attached hydrogen (secondary N) is 1. The summed E-state index contributed by atoms with van der Waals surface area (Å²) < 4.78 is 14.1. The number of nitrogens with zero attached hydrogens (tertiary/aromatic N) is 4. The minimum atomic E-state index is 0.177. The monoisotopic (exact) mass is 457 g/mol. The molecule has 1 saturated heterocycles. The van der Waals surface area contributed by atoms with Crippen LogP contribution in [0.1, 0.15) is 18.7 Å². The molecule has 33 heavy (non-hydrogen) atoms. The highest BCUT2D eigenvalue weighted by Gasteiger charge is 2.23. The van der Waals surface area contributed by atoms with Crippen LogP contribution in [0.4, 0.5) is 0 Å². The van der Waals surface area contributed by atoms with Gasteiger partial charge in [-0.25, -0.2) is 4.98 Å². The van der Waals surface area contributed by atoms with Gasteiger partial charge in [0.25, 0.3) is 0 Å². The zero-order valence-electron chi connectivity index (χ0n) is 18.0. The van der Waals surface area contributed by atoms with E-state index in [2.05, 4.69) is 36.9 Å². The third-order valence-corrected chi connectivity index (χ3v) is 6.85. The highest BCUT2D eigenvalue weighted by atomic mass is 32.2. The fourth-order valence-electron chi connectivity index (χ4n) is 4.25. The first kappa shape index (κ1) is 20.3. The summed E-state index contributed by atoms with van der Waals surface area (Å²) in [6.07, 6.45) is 6.11. The normalized spacial score (nSPS) is 16.1. The van der Waals surface area contributed by atoms with Crippen molar-refractivity contribution in [2.75, 3.05) is 6.61 Å². The van der Waals surface area contributed by atoms with Gasteiger partial charge in [0, 0.05) is 34.8 Å². The van der Waals surface area contributed by atoms with Gasteiger partial charge in [0.2, 0.25) is 5.89 Å². The lowest BCUT2D eigenvalue weighted by Crippen LogP contribution is -2.16. The van der Waals surface area contributed by atoms with Crippen molar-refractivity contribution in [3.63, 3.8) is 0 Å². The van der Waals surface area contributed by atoms with Crippen LogP contribution in [0, 0.1) is 0 Å². The van der Waals surface area contributed by atoms with Gasteiger partial charge >= 0.3 is 0 Å². The second kappa shape index (κ2) is 8.88. The van der Waals surface area contributed by atoms with E-state index in [9.17, 15) is 0 Å². The van der Waals surface area contributed by atoms with Crippen LogP contribution in [-0.2, 0) is 17.0 Å². The molecule has 0 amide bonds. The van der Waals surface area contributed by atoms with Gasteiger partial charge in [0.05, 0.1) is 24.6 Å². The molecule has 1 N–H and O–H groups in total. The fraction of sp³-hybridized carbons (Fsp3) is 0.240. The van der Waals surface area contributed by atoms with Gasteiger partial charge in [-0.3, -0.25) is 4.57 Å². The standard InChI is InChI=1S/C25H23N5O2S/c1-2-7-17(8-3-1)22-14-27-23(32-22)16-33-25-29-28-24(30(25)15-18-9-6-12-31-18)20-13-26-21-11-5-4-10-19(20)21/h1-5,7-8,10-11,13-14,18,26H,6,9,12,15-16H2. The molecule has 0 aliphatic carbocycles. The molecule has 1 unspecified atom stereocenters. The third-order valence-electron chi connectivity index (χ3n) is 5.89. The molecule has 5 aromatic rings. The summed E-state index contributed by atoms with van der Waals surface area (Å²) in [5.74, 6) is 2.86. The Kier molecular flexibility index (Phi) is 5.45. The van der Waals surface area contributed by atoms with Gasteiger partial charge in [-0.1, -0.05) is 60.3 Å². The second-order valence-corrected chi connectivity index (χ2v) is 9.02. The summed E-state index contributed by atoms with van der Waals surface area (Å²) in [6, 6.07) is 18.3. The minimum Gasteiger partial charge on any atom is -0.440 e. The van der Waals surface area contributed by atoms with Crippen LogP contribution in [0.25, 0.3) is 33.6 Å². The molecule has 8 heteroatoms. The zero-order chi connectivity index (χ0) is 22.0. The second-order valence-electron chi connectivity index (χ2n) is 8.07. The molecule has 0 saturated carbocycles. The van der Waals surface area contributed by atoms with E-state index in [0.717, 1.165) is 64.8 Å². The maximum Gasteiger partial charge on any atom is 0.205 e. The van der Waals surface area contributed by atoms with Crippen molar-refractivity contribution in [3.05, 3.63) is 72.9 Å². The number of aromatic nitrogens is 5. The van der Waals surface area contributed by atoms with Crippen molar-refractivity contribution in [2.24, 2.45) is 0 Å². The van der Waals surface area contributed by atoms with Crippen molar-refractivity contribution in [2.45, 2.75) is 36.4 Å². The van der Waals surface area contributed by atoms with Crippen LogP contribution in [0.5, 0.6) is 0 Å². The van der Waals surface area contributed by atoms with Crippen LogP contribution in [0.3, 0.4) is 0 Å². The molecule has 1 atom stereocenters. The van der Waals surface area contributed by atoms with Crippen LogP contribution < -0.4 is 0 Å². The Labute approximate surface area is 195 Å². The Bertz CT molecular complexity index is 1370. The van der Waals surface area contributed by atoms with E-state index in [4.69, 9.17) is 9.15 Å². The summed E-state index contributed by atoms with van der Waals surface area (Å²) in [4.78, 5) is 7.81. The van der Waals surface area contributed by atoms with Gasteiger partial charge in [-0.2, -0.15) is 0 Å². The maximum atomic E-state index is 5.98. The Balaban J connectivity index is 1.29. The number of benzene rings is 2. The zero-order valence-corrected chi connectivity index (χ0v) is 18.8. The fourth-order valence-corrected chi connectivity index (χ4v) is 5.05. The topological polar surface area (TPSA) is 81.8 Å². The van der Waals surface area contributed by atoms with Crippen LogP contribution in [0.15, 0.2) is 76.6 Å². The quantitative estimate of drug-likeness (QED) is 0.323. The van der Waals surface area contributed by atoms with Gasteiger partial charge in [0.1, 0.15) is 0 Å². The first-order valence-corrected chi connectivity index (χ1v) is 12.1. The van der Waals surface area contributed by atoms with Crippen molar-refractivity contribution < 1.29 is 9.15 Å². The van der Waals surface area contributed by atoms with Gasteiger partial charge < -0.3 is 14.1 Å². The van der Waals surface area contributed by atoms with Crippen LogP contribution in [-0.4, -0.2) is 37.4 Å². The number of rotatable bonds is 7. The van der Waals surface area contributed by atoms with E-state index >= 15 is 0 Å². The summed E-state index contributed by atoms with van der Waals surface area (Å²) in [5, 5.41) is 11.1. The molecule has 166 valence electrons. The van der Waals surface area contributed by atoms with Gasteiger partial charge in [-0.15, -0.1) is 10.2 Å². The van der Waals surface area contributed by atoms with Crippen molar-refractivity contribution in [1.82, 2.24) is 24.7 Å². The number of aromatic amines is 1. The molecule has 0 bridgehead atoms. The molecule has 3 aromatic heterocycles. The number of oxazole rings is 1. The Morgan fingerprint density at radius 2 is 1.94 bits per heavy atom. The molecular weight excluding hydrogens is 434 g/mol. The molecule has 7 nitrogen and oxygen atoms in total. The number of fused-ring (bicyclic) bond motifs is 1. The molecule has 2 aromatic carbocycles. The van der Waals surface area contributed by atoms with E-state index < -0.39 is 0 Å². The number of ether oxygens (including phenoxy) is 1. The van der Waals surface area contributed by atoms with E-state index in [1.54, 1.807) is 18.0 Å². The Morgan fingerprint density at radius 3 is 2.82 bits per heavy atom. The van der Waals surface area contributed by atoms with E-state index in [-0.39, 0.29) is 6.10 Å². The SMILES string of the molecule is c1ccc(-c2cnc(CSc3nnc(-c4c[nH]c5ccccc45)n3CC3CCCO3)o2)cc1. The molecule has 0 radical (unpaired) electrons. The molecule has 0 spiro atoms. The number of hydrogen-bond donors (Lipinski definition) is 1. The molecule has 6 rings (SSSR count). The highest BCUT2D eigenvalue weighted by Crippen LogP contribution is 2.32.